The topological polar surface area (TPSA) is 36.7 Å². The van der Waals surface area contributed by atoms with Crippen LogP contribution in [0, 0.1) is 11.3 Å². The molecule has 1 heterocycles. The zero-order valence-corrected chi connectivity index (χ0v) is 9.91. The molecule has 3 heteroatoms. The average molecular weight is 228 g/mol. The monoisotopic (exact) mass is 228 g/mol. The number of thiol groups is 1. The maximum Gasteiger partial charge on any atom is 0.105 e. The molecule has 16 heavy (non-hydrogen) atoms. The molecule has 0 saturated heterocycles. The Balaban J connectivity index is 2.60. The Kier molecular flexibility index (Phi) is 2.84. The van der Waals surface area contributed by atoms with Gasteiger partial charge >= 0.3 is 0 Å². The third kappa shape index (κ3) is 1.77. The Bertz CT molecular complexity index is 559. The van der Waals surface area contributed by atoms with Crippen LogP contribution in [-0.2, 0) is 5.41 Å². The van der Waals surface area contributed by atoms with Gasteiger partial charge < -0.3 is 0 Å². The summed E-state index contributed by atoms with van der Waals surface area (Å²) in [6.07, 6.45) is 0. The van der Waals surface area contributed by atoms with Crippen LogP contribution in [0.2, 0.25) is 0 Å². The van der Waals surface area contributed by atoms with E-state index in [-0.39, 0.29) is 0 Å². The molecule has 0 bridgehead atoms. The fourth-order valence-electron chi connectivity index (χ4n) is 1.55. The minimum Gasteiger partial charge on any atom is -0.251 e. The summed E-state index contributed by atoms with van der Waals surface area (Å²) in [5.74, 6) is 0.467. The summed E-state index contributed by atoms with van der Waals surface area (Å²) in [6, 6.07) is 14.1. The van der Waals surface area contributed by atoms with Crippen molar-refractivity contribution >= 4 is 23.5 Å². The lowest BCUT2D eigenvalue weighted by molar-refractivity contribution is 0.677. The van der Waals surface area contributed by atoms with Crippen LogP contribution in [0.25, 0.3) is 10.9 Å². The van der Waals surface area contributed by atoms with Gasteiger partial charge in [0.25, 0.3) is 0 Å². The highest BCUT2D eigenvalue weighted by Crippen LogP contribution is 2.24. The van der Waals surface area contributed by atoms with E-state index in [0.29, 0.717) is 5.75 Å². The first kappa shape index (κ1) is 11.0. The zero-order chi connectivity index (χ0) is 11.6. The normalized spacial score (nSPS) is 14.3. The zero-order valence-electron chi connectivity index (χ0n) is 9.01. The number of para-hydroxylation sites is 1. The molecule has 2 aromatic rings. The first-order valence-electron chi connectivity index (χ1n) is 5.08. The van der Waals surface area contributed by atoms with E-state index in [9.17, 15) is 5.26 Å². The molecule has 80 valence electrons. The van der Waals surface area contributed by atoms with E-state index in [1.54, 1.807) is 0 Å². The summed E-state index contributed by atoms with van der Waals surface area (Å²) in [6.45, 7) is 1.86. The minimum absolute atomic E-state index is 0.467. The number of aromatic nitrogens is 1. The van der Waals surface area contributed by atoms with Crippen LogP contribution in [0.5, 0.6) is 0 Å². The third-order valence-corrected chi connectivity index (χ3v) is 3.36. The Morgan fingerprint density at radius 1 is 1.31 bits per heavy atom. The molecule has 0 aliphatic rings. The third-order valence-electron chi connectivity index (χ3n) is 2.73. The molecule has 1 aromatic heterocycles. The Hall–Kier alpha value is -1.53. The number of hydrogen-bond acceptors (Lipinski definition) is 3. The van der Waals surface area contributed by atoms with Gasteiger partial charge in [0, 0.05) is 11.1 Å². The second kappa shape index (κ2) is 4.15. The summed E-state index contributed by atoms with van der Waals surface area (Å²) in [7, 11) is 0. The van der Waals surface area contributed by atoms with Crippen LogP contribution in [-0.4, -0.2) is 10.7 Å². The SMILES string of the molecule is CC(C#N)(CS)c1ccc2ccccc2n1. The summed E-state index contributed by atoms with van der Waals surface area (Å²) in [4.78, 5) is 4.52. The van der Waals surface area contributed by atoms with Crippen molar-refractivity contribution in [3.63, 3.8) is 0 Å². The van der Waals surface area contributed by atoms with E-state index in [1.807, 2.05) is 43.3 Å². The minimum atomic E-state index is -0.618. The number of pyridine rings is 1. The highest BCUT2D eigenvalue weighted by molar-refractivity contribution is 7.80. The number of nitrogens with zero attached hydrogens (tertiary/aromatic N) is 2. The summed E-state index contributed by atoms with van der Waals surface area (Å²) in [5.41, 5.74) is 1.08. The smallest absolute Gasteiger partial charge is 0.105 e. The highest BCUT2D eigenvalue weighted by Gasteiger charge is 2.26. The van der Waals surface area contributed by atoms with Gasteiger partial charge in [0.15, 0.2) is 0 Å². The fourth-order valence-corrected chi connectivity index (χ4v) is 1.78. The van der Waals surface area contributed by atoms with Gasteiger partial charge in [-0.1, -0.05) is 24.3 Å². The molecule has 1 atom stereocenters. The molecule has 0 amide bonds. The number of nitriles is 1. The van der Waals surface area contributed by atoms with Gasteiger partial charge in [-0.3, -0.25) is 4.98 Å². The van der Waals surface area contributed by atoms with Crippen molar-refractivity contribution in [2.24, 2.45) is 0 Å². The molecule has 1 unspecified atom stereocenters. The Morgan fingerprint density at radius 2 is 2.06 bits per heavy atom. The van der Waals surface area contributed by atoms with Crippen molar-refractivity contribution in [3.05, 3.63) is 42.1 Å². The molecule has 0 radical (unpaired) electrons. The molecular weight excluding hydrogens is 216 g/mol. The van der Waals surface area contributed by atoms with Gasteiger partial charge in [0.2, 0.25) is 0 Å². The van der Waals surface area contributed by atoms with Crippen LogP contribution in [0.4, 0.5) is 0 Å². The molecule has 0 N–H and O–H groups in total. The number of hydrogen-bond donors (Lipinski definition) is 1. The van der Waals surface area contributed by atoms with E-state index >= 15 is 0 Å². The van der Waals surface area contributed by atoms with Crippen molar-refractivity contribution < 1.29 is 0 Å². The van der Waals surface area contributed by atoms with Gasteiger partial charge in [0.1, 0.15) is 5.41 Å². The van der Waals surface area contributed by atoms with Crippen molar-refractivity contribution in [1.29, 1.82) is 5.26 Å². The summed E-state index contributed by atoms with van der Waals surface area (Å²) >= 11 is 4.22. The Morgan fingerprint density at radius 3 is 2.75 bits per heavy atom. The van der Waals surface area contributed by atoms with Crippen LogP contribution in [0.15, 0.2) is 36.4 Å². The lowest BCUT2D eigenvalue weighted by Crippen LogP contribution is -2.23. The fraction of sp³-hybridized carbons (Fsp3) is 0.231. The first-order valence-corrected chi connectivity index (χ1v) is 5.71. The summed E-state index contributed by atoms with van der Waals surface area (Å²) < 4.78 is 0. The van der Waals surface area contributed by atoms with Crippen LogP contribution < -0.4 is 0 Å². The maximum absolute atomic E-state index is 9.17. The summed E-state index contributed by atoms with van der Waals surface area (Å²) in [5, 5.41) is 10.3. The lowest BCUT2D eigenvalue weighted by Gasteiger charge is -2.18. The quantitative estimate of drug-likeness (QED) is 0.802. The van der Waals surface area contributed by atoms with Crippen LogP contribution in [0.3, 0.4) is 0 Å². The van der Waals surface area contributed by atoms with Gasteiger partial charge in [-0.15, -0.1) is 0 Å². The molecule has 0 aliphatic heterocycles. The molecule has 1 aromatic carbocycles. The molecule has 0 aliphatic carbocycles. The van der Waals surface area contributed by atoms with E-state index < -0.39 is 5.41 Å². The lowest BCUT2D eigenvalue weighted by atomic mass is 9.90. The maximum atomic E-state index is 9.17. The number of benzene rings is 1. The number of rotatable bonds is 2. The molecule has 0 fully saturated rings. The average Bonchev–Trinajstić information content (AvgIpc) is 2.37. The van der Waals surface area contributed by atoms with E-state index in [1.165, 1.54) is 0 Å². The van der Waals surface area contributed by atoms with Gasteiger partial charge in [0.05, 0.1) is 17.3 Å². The number of fused-ring (bicyclic) bond motifs is 1. The van der Waals surface area contributed by atoms with Crippen LogP contribution >= 0.6 is 12.6 Å². The Labute approximate surface area is 100 Å². The molecule has 0 spiro atoms. The van der Waals surface area contributed by atoms with Gasteiger partial charge in [-0.2, -0.15) is 17.9 Å². The van der Waals surface area contributed by atoms with E-state index in [2.05, 4.69) is 23.7 Å². The standard InChI is InChI=1S/C13H12N2S/c1-13(8-14,9-16)12-7-6-10-4-2-3-5-11(10)15-12/h2-7,16H,9H2,1H3. The molecule has 2 rings (SSSR count). The predicted molar refractivity (Wildman–Crippen MR) is 68.6 cm³/mol. The van der Waals surface area contributed by atoms with E-state index in [4.69, 9.17) is 0 Å². The second-order valence-corrected chi connectivity index (χ2v) is 4.31. The van der Waals surface area contributed by atoms with E-state index in [0.717, 1.165) is 16.6 Å². The predicted octanol–water partition coefficient (Wildman–Crippen LogP) is 2.95. The van der Waals surface area contributed by atoms with Crippen molar-refractivity contribution in [2.75, 3.05) is 5.75 Å². The van der Waals surface area contributed by atoms with Crippen molar-refractivity contribution in [3.8, 4) is 6.07 Å². The van der Waals surface area contributed by atoms with Gasteiger partial charge in [-0.25, -0.2) is 0 Å². The largest absolute Gasteiger partial charge is 0.251 e. The van der Waals surface area contributed by atoms with Crippen molar-refractivity contribution in [1.82, 2.24) is 4.98 Å². The van der Waals surface area contributed by atoms with Crippen molar-refractivity contribution in [2.45, 2.75) is 12.3 Å². The molecule has 0 saturated carbocycles. The van der Waals surface area contributed by atoms with Crippen LogP contribution in [0.1, 0.15) is 12.6 Å². The second-order valence-electron chi connectivity index (χ2n) is 3.99. The highest BCUT2D eigenvalue weighted by atomic mass is 32.1. The molecule has 2 nitrogen and oxygen atoms in total. The van der Waals surface area contributed by atoms with Gasteiger partial charge in [-0.05, 0) is 19.1 Å². The molecular formula is C13H12N2S. The first-order chi connectivity index (χ1) is 7.69.